The van der Waals surface area contributed by atoms with Gasteiger partial charge in [0.05, 0.1) is 11.3 Å². The van der Waals surface area contributed by atoms with Crippen molar-refractivity contribution in [1.29, 1.82) is 0 Å². The van der Waals surface area contributed by atoms with Crippen molar-refractivity contribution >= 4 is 11.7 Å². The number of anilines is 1. The van der Waals surface area contributed by atoms with Crippen LogP contribution in [-0.4, -0.2) is 11.0 Å². The number of esters is 1. The number of carbonyl (C=O) groups is 1. The molecule has 0 aliphatic carbocycles. The molecule has 0 fully saturated rings. The summed E-state index contributed by atoms with van der Waals surface area (Å²) in [4.78, 5) is 14.8. The van der Waals surface area contributed by atoms with E-state index in [1.807, 2.05) is 19.1 Å². The van der Waals surface area contributed by atoms with Gasteiger partial charge in [0.1, 0.15) is 6.10 Å². The van der Waals surface area contributed by atoms with E-state index in [2.05, 4.69) is 4.98 Å². The van der Waals surface area contributed by atoms with Crippen LogP contribution in [0, 0.1) is 0 Å². The van der Waals surface area contributed by atoms with Crippen molar-refractivity contribution in [3.63, 3.8) is 0 Å². The Morgan fingerprint density at radius 1 is 1.35 bits per heavy atom. The first kappa shape index (κ1) is 11.3. The second-order valence-electron chi connectivity index (χ2n) is 3.80. The Bertz CT molecular complexity index is 506. The first-order valence-electron chi connectivity index (χ1n) is 5.36. The maximum Gasteiger partial charge on any atom is 0.338 e. The van der Waals surface area contributed by atoms with Crippen molar-refractivity contribution in [2.24, 2.45) is 0 Å². The smallest absolute Gasteiger partial charge is 0.338 e. The van der Waals surface area contributed by atoms with Crippen LogP contribution in [0.2, 0.25) is 0 Å². The standard InChI is InChI=1S/C13H14N2O2/c1-9(12-6-3-7-15-12)17-13(16)10-4-2-5-11(14)8-10/h2-9,15H,14H2,1H3. The first-order chi connectivity index (χ1) is 8.16. The molecule has 0 radical (unpaired) electrons. The highest BCUT2D eigenvalue weighted by atomic mass is 16.5. The van der Waals surface area contributed by atoms with Gasteiger partial charge in [-0.05, 0) is 37.3 Å². The predicted octanol–water partition coefficient (Wildman–Crippen LogP) is 2.51. The second-order valence-corrected chi connectivity index (χ2v) is 3.80. The average molecular weight is 230 g/mol. The summed E-state index contributed by atoms with van der Waals surface area (Å²) >= 11 is 0. The Labute approximate surface area is 99.4 Å². The van der Waals surface area contributed by atoms with Gasteiger partial charge in [-0.1, -0.05) is 6.07 Å². The summed E-state index contributed by atoms with van der Waals surface area (Å²) in [6, 6.07) is 10.5. The molecule has 0 spiro atoms. The Hall–Kier alpha value is -2.23. The second kappa shape index (κ2) is 4.74. The van der Waals surface area contributed by atoms with Gasteiger partial charge in [0.25, 0.3) is 0 Å². The molecular formula is C13H14N2O2. The molecule has 0 amide bonds. The molecule has 0 saturated carbocycles. The minimum absolute atomic E-state index is 0.307. The highest BCUT2D eigenvalue weighted by Gasteiger charge is 2.14. The van der Waals surface area contributed by atoms with Crippen LogP contribution < -0.4 is 5.73 Å². The van der Waals surface area contributed by atoms with Crippen molar-refractivity contribution in [1.82, 2.24) is 4.98 Å². The van der Waals surface area contributed by atoms with E-state index in [0.717, 1.165) is 5.69 Å². The summed E-state index contributed by atoms with van der Waals surface area (Å²) in [5, 5.41) is 0. The van der Waals surface area contributed by atoms with Crippen molar-refractivity contribution < 1.29 is 9.53 Å². The number of hydrogen-bond acceptors (Lipinski definition) is 3. The Morgan fingerprint density at radius 3 is 2.82 bits per heavy atom. The van der Waals surface area contributed by atoms with Crippen LogP contribution in [0.25, 0.3) is 0 Å². The molecule has 1 unspecified atom stereocenters. The largest absolute Gasteiger partial charge is 0.453 e. The van der Waals surface area contributed by atoms with Crippen LogP contribution in [0.5, 0.6) is 0 Å². The summed E-state index contributed by atoms with van der Waals surface area (Å²) < 4.78 is 5.31. The number of aromatic amines is 1. The molecular weight excluding hydrogens is 216 g/mol. The zero-order valence-electron chi connectivity index (χ0n) is 9.51. The highest BCUT2D eigenvalue weighted by Crippen LogP contribution is 2.17. The van der Waals surface area contributed by atoms with Gasteiger partial charge in [-0.3, -0.25) is 0 Å². The third-order valence-electron chi connectivity index (χ3n) is 2.47. The van der Waals surface area contributed by atoms with Crippen LogP contribution in [0.1, 0.15) is 29.1 Å². The minimum Gasteiger partial charge on any atom is -0.453 e. The van der Waals surface area contributed by atoms with Crippen molar-refractivity contribution in [2.45, 2.75) is 13.0 Å². The number of carbonyl (C=O) groups excluding carboxylic acids is 1. The minimum atomic E-state index is -0.376. The van der Waals surface area contributed by atoms with Crippen LogP contribution in [0.4, 0.5) is 5.69 Å². The molecule has 0 saturated heterocycles. The van der Waals surface area contributed by atoms with Gasteiger partial charge < -0.3 is 15.5 Å². The topological polar surface area (TPSA) is 68.1 Å². The van der Waals surface area contributed by atoms with E-state index in [1.54, 1.807) is 30.5 Å². The molecule has 2 aromatic rings. The van der Waals surface area contributed by atoms with Crippen LogP contribution in [-0.2, 0) is 4.74 Å². The normalized spacial score (nSPS) is 12.1. The Balaban J connectivity index is 2.07. The molecule has 4 heteroatoms. The summed E-state index contributed by atoms with van der Waals surface area (Å²) in [6.07, 6.45) is 1.49. The fraction of sp³-hybridized carbons (Fsp3) is 0.154. The third kappa shape index (κ3) is 2.66. The van der Waals surface area contributed by atoms with Crippen LogP contribution in [0.15, 0.2) is 42.6 Å². The zero-order valence-corrected chi connectivity index (χ0v) is 9.51. The lowest BCUT2D eigenvalue weighted by Gasteiger charge is -2.11. The van der Waals surface area contributed by atoms with Gasteiger partial charge in [0, 0.05) is 11.9 Å². The number of nitrogen functional groups attached to an aromatic ring is 1. The van der Waals surface area contributed by atoms with Crippen molar-refractivity contribution in [2.75, 3.05) is 5.73 Å². The molecule has 88 valence electrons. The summed E-state index contributed by atoms with van der Waals surface area (Å²) in [5.41, 5.74) is 7.48. The van der Waals surface area contributed by atoms with E-state index in [4.69, 9.17) is 10.5 Å². The van der Waals surface area contributed by atoms with Crippen molar-refractivity contribution in [3.05, 3.63) is 53.9 Å². The molecule has 1 atom stereocenters. The van der Waals surface area contributed by atoms with Gasteiger partial charge >= 0.3 is 5.97 Å². The van der Waals surface area contributed by atoms with Crippen LogP contribution in [0.3, 0.4) is 0 Å². The molecule has 1 aromatic carbocycles. The van der Waals surface area contributed by atoms with E-state index >= 15 is 0 Å². The number of H-pyrrole nitrogens is 1. The summed E-state index contributed by atoms with van der Waals surface area (Å²) in [7, 11) is 0. The van der Waals surface area contributed by atoms with E-state index < -0.39 is 0 Å². The molecule has 0 aliphatic rings. The molecule has 17 heavy (non-hydrogen) atoms. The van der Waals surface area contributed by atoms with Gasteiger partial charge in [0.2, 0.25) is 0 Å². The Kier molecular flexibility index (Phi) is 3.14. The number of aromatic nitrogens is 1. The maximum atomic E-state index is 11.8. The van der Waals surface area contributed by atoms with Gasteiger partial charge in [-0.15, -0.1) is 0 Å². The van der Waals surface area contributed by atoms with E-state index in [0.29, 0.717) is 11.3 Å². The molecule has 2 rings (SSSR count). The fourth-order valence-corrected chi connectivity index (χ4v) is 1.55. The number of ether oxygens (including phenoxy) is 1. The van der Waals surface area contributed by atoms with Gasteiger partial charge in [-0.2, -0.15) is 0 Å². The van der Waals surface area contributed by atoms with Crippen LogP contribution >= 0.6 is 0 Å². The average Bonchev–Trinajstić information content (AvgIpc) is 2.82. The molecule has 0 aliphatic heterocycles. The van der Waals surface area contributed by atoms with E-state index in [9.17, 15) is 4.79 Å². The number of benzene rings is 1. The van der Waals surface area contributed by atoms with E-state index in [-0.39, 0.29) is 12.1 Å². The SMILES string of the molecule is CC(OC(=O)c1cccc(N)c1)c1ccc[nH]1. The number of hydrogen-bond donors (Lipinski definition) is 2. The maximum absolute atomic E-state index is 11.8. The molecule has 1 heterocycles. The number of nitrogens with two attached hydrogens (primary N) is 1. The molecule has 0 bridgehead atoms. The first-order valence-corrected chi connectivity index (χ1v) is 5.36. The summed E-state index contributed by atoms with van der Waals surface area (Å²) in [5.74, 6) is -0.376. The van der Waals surface area contributed by atoms with E-state index in [1.165, 1.54) is 0 Å². The fourth-order valence-electron chi connectivity index (χ4n) is 1.55. The summed E-state index contributed by atoms with van der Waals surface area (Å²) in [6.45, 7) is 1.82. The highest BCUT2D eigenvalue weighted by molar-refractivity contribution is 5.90. The number of rotatable bonds is 3. The van der Waals surface area contributed by atoms with Gasteiger partial charge in [-0.25, -0.2) is 4.79 Å². The molecule has 4 nitrogen and oxygen atoms in total. The quantitative estimate of drug-likeness (QED) is 0.628. The van der Waals surface area contributed by atoms with Gasteiger partial charge in [0.15, 0.2) is 0 Å². The molecule has 1 aromatic heterocycles. The monoisotopic (exact) mass is 230 g/mol. The molecule has 3 N–H and O–H groups in total. The predicted molar refractivity (Wildman–Crippen MR) is 65.5 cm³/mol. The lowest BCUT2D eigenvalue weighted by atomic mass is 10.2. The zero-order chi connectivity index (χ0) is 12.3. The Morgan fingerprint density at radius 2 is 2.18 bits per heavy atom. The lowest BCUT2D eigenvalue weighted by Crippen LogP contribution is -2.09. The number of nitrogens with one attached hydrogen (secondary N) is 1. The third-order valence-corrected chi connectivity index (χ3v) is 2.47. The van der Waals surface area contributed by atoms with Crippen molar-refractivity contribution in [3.8, 4) is 0 Å². The lowest BCUT2D eigenvalue weighted by molar-refractivity contribution is 0.0330.